The van der Waals surface area contributed by atoms with Gasteiger partial charge in [-0.05, 0) is 12.8 Å². The average molecular weight is 277 g/mol. The van der Waals surface area contributed by atoms with E-state index >= 15 is 0 Å². The second kappa shape index (κ2) is 13.6. The van der Waals surface area contributed by atoms with E-state index in [0.29, 0.717) is 5.92 Å². The van der Waals surface area contributed by atoms with E-state index < -0.39 is 0 Å². The van der Waals surface area contributed by atoms with E-state index in [1.54, 1.807) is 0 Å². The van der Waals surface area contributed by atoms with Crippen molar-refractivity contribution in [3.8, 4) is 0 Å². The van der Waals surface area contributed by atoms with Crippen LogP contribution in [0.15, 0.2) is 37.5 Å². The molecule has 0 amide bonds. The van der Waals surface area contributed by atoms with Crippen molar-refractivity contribution in [2.75, 3.05) is 0 Å². The van der Waals surface area contributed by atoms with Gasteiger partial charge in [0.2, 0.25) is 0 Å². The Morgan fingerprint density at radius 2 is 1.67 bits per heavy atom. The molecule has 0 aliphatic carbocycles. The molecule has 2 heteroatoms. The van der Waals surface area contributed by atoms with Gasteiger partial charge in [-0.25, -0.2) is 19.1 Å². The Labute approximate surface area is 90.8 Å². The fourth-order valence-electron chi connectivity index (χ4n) is 0.874. The quantitative estimate of drug-likeness (QED) is 0.407. The molecule has 0 atom stereocenters. The Balaban J connectivity index is 0. The Bertz CT molecular complexity index is 120. The molecule has 0 fully saturated rings. The standard InChI is InChI=1S/C10H15.ClH.Pd/c1-4-7-10(8-5-2)9-6-3;;/h4-7,10H,1-3,8-9H2;1H;/q-1;;+2/p-1. The van der Waals surface area contributed by atoms with Crippen LogP contribution in [-0.4, -0.2) is 0 Å². The molecule has 0 saturated heterocycles. The van der Waals surface area contributed by atoms with Gasteiger partial charge in [-0.2, -0.15) is 0 Å². The van der Waals surface area contributed by atoms with E-state index in [4.69, 9.17) is 0 Å². The molecule has 0 bridgehead atoms. The average Bonchev–Trinajstić information content (AvgIpc) is 2.10. The summed E-state index contributed by atoms with van der Waals surface area (Å²) in [6.07, 6.45) is 9.79. The van der Waals surface area contributed by atoms with Gasteiger partial charge in [0, 0.05) is 0 Å². The van der Waals surface area contributed by atoms with Crippen molar-refractivity contribution < 1.29 is 18.2 Å². The summed E-state index contributed by atoms with van der Waals surface area (Å²) in [5.41, 5.74) is 0. The number of rotatable bonds is 5. The van der Waals surface area contributed by atoms with Gasteiger partial charge in [-0.15, -0.1) is 13.2 Å². The SMILES string of the molecule is C=CCC(C=C[CH2-])CC=C.[Cl][Pd+]. The van der Waals surface area contributed by atoms with Crippen LogP contribution in [0, 0.1) is 12.8 Å². The molecule has 0 rings (SSSR count). The third-order valence-electron chi connectivity index (χ3n) is 1.35. The number of hydrogen-bond acceptors (Lipinski definition) is 0. The monoisotopic (exact) mass is 276 g/mol. The van der Waals surface area contributed by atoms with E-state index in [-0.39, 0.29) is 0 Å². The van der Waals surface area contributed by atoms with E-state index in [9.17, 15) is 0 Å². The van der Waals surface area contributed by atoms with Crippen LogP contribution in [0.1, 0.15) is 12.8 Å². The van der Waals surface area contributed by atoms with E-state index in [1.165, 1.54) is 0 Å². The van der Waals surface area contributed by atoms with Crippen LogP contribution in [0.25, 0.3) is 0 Å². The molecule has 12 heavy (non-hydrogen) atoms. The van der Waals surface area contributed by atoms with Crippen LogP contribution in [0.5, 0.6) is 0 Å². The van der Waals surface area contributed by atoms with Crippen molar-refractivity contribution in [2.45, 2.75) is 12.8 Å². The minimum atomic E-state index is 0.549. The van der Waals surface area contributed by atoms with Gasteiger partial charge in [0.1, 0.15) is 0 Å². The summed E-state index contributed by atoms with van der Waals surface area (Å²) in [6.45, 7) is 11.0. The number of halogens is 1. The van der Waals surface area contributed by atoms with Gasteiger partial charge in [0.15, 0.2) is 0 Å². The first kappa shape index (κ1) is 14.6. The van der Waals surface area contributed by atoms with Crippen molar-refractivity contribution in [2.24, 2.45) is 5.92 Å². The van der Waals surface area contributed by atoms with Gasteiger partial charge >= 0.3 is 27.7 Å². The molecule has 0 aromatic heterocycles. The summed E-state index contributed by atoms with van der Waals surface area (Å²) < 4.78 is 0. The predicted octanol–water partition coefficient (Wildman–Crippen LogP) is 3.83. The second-order valence-electron chi connectivity index (χ2n) is 2.24. The fraction of sp³-hybridized carbons (Fsp3) is 0.300. The molecular formula is C10H15ClPd. The Morgan fingerprint density at radius 3 is 1.92 bits per heavy atom. The molecule has 0 aromatic carbocycles. The van der Waals surface area contributed by atoms with Crippen molar-refractivity contribution in [1.29, 1.82) is 0 Å². The van der Waals surface area contributed by atoms with Crippen molar-refractivity contribution in [3.63, 3.8) is 0 Å². The summed E-state index contributed by atoms with van der Waals surface area (Å²) in [7, 11) is 4.49. The van der Waals surface area contributed by atoms with Crippen LogP contribution in [-0.2, 0) is 18.2 Å². The zero-order chi connectivity index (χ0) is 9.82. The van der Waals surface area contributed by atoms with Crippen LogP contribution in [0.4, 0.5) is 0 Å². The van der Waals surface area contributed by atoms with Crippen LogP contribution in [0.3, 0.4) is 0 Å². The van der Waals surface area contributed by atoms with E-state index in [2.05, 4.69) is 53.9 Å². The van der Waals surface area contributed by atoms with Crippen molar-refractivity contribution >= 4 is 9.53 Å². The fourth-order valence-corrected chi connectivity index (χ4v) is 0.874. The van der Waals surface area contributed by atoms with E-state index in [0.717, 1.165) is 12.8 Å². The normalized spacial score (nSPS) is 9.33. The molecule has 72 valence electrons. The van der Waals surface area contributed by atoms with Gasteiger partial charge in [-0.1, -0.05) is 18.1 Å². The zero-order valence-corrected chi connectivity index (χ0v) is 9.43. The van der Waals surface area contributed by atoms with E-state index in [1.807, 2.05) is 18.2 Å². The predicted molar refractivity (Wildman–Crippen MR) is 53.5 cm³/mol. The summed E-state index contributed by atoms with van der Waals surface area (Å²) in [5, 5.41) is 0. The minimum absolute atomic E-state index is 0.549. The molecule has 0 unspecified atom stereocenters. The first-order chi connectivity index (χ1) is 5.85. The third kappa shape index (κ3) is 10.0. The van der Waals surface area contributed by atoms with Crippen molar-refractivity contribution in [1.82, 2.24) is 0 Å². The molecule has 0 N–H and O–H groups in total. The number of hydrogen-bond donors (Lipinski definition) is 0. The Hall–Kier alpha value is 0.0423. The maximum absolute atomic E-state index is 4.49. The first-order valence-corrected chi connectivity index (χ1v) is 5.65. The van der Waals surface area contributed by atoms with Gasteiger partial charge < -0.3 is 0 Å². The zero-order valence-electron chi connectivity index (χ0n) is 7.12. The summed E-state index contributed by atoms with van der Waals surface area (Å²) in [6, 6.07) is 0. The summed E-state index contributed by atoms with van der Waals surface area (Å²) in [5.74, 6) is 0.549. The molecular weight excluding hydrogens is 262 g/mol. The molecule has 0 saturated carbocycles. The summed E-state index contributed by atoms with van der Waals surface area (Å²) >= 11 is 2.22. The van der Waals surface area contributed by atoms with Gasteiger partial charge in [0.05, 0.1) is 0 Å². The van der Waals surface area contributed by atoms with Crippen LogP contribution < -0.4 is 0 Å². The Morgan fingerprint density at radius 1 is 1.25 bits per heavy atom. The maximum atomic E-state index is 4.49. The molecule has 0 spiro atoms. The second-order valence-corrected chi connectivity index (χ2v) is 2.24. The molecule has 0 aliphatic heterocycles. The first-order valence-electron chi connectivity index (χ1n) is 3.64. The Kier molecular flexibility index (Phi) is 16.5. The number of allylic oxidation sites excluding steroid dienone is 4. The van der Waals surface area contributed by atoms with Crippen LogP contribution in [0.2, 0.25) is 0 Å². The molecule has 0 radical (unpaired) electrons. The topological polar surface area (TPSA) is 0 Å². The molecule has 0 aromatic rings. The van der Waals surface area contributed by atoms with Crippen LogP contribution >= 0.6 is 9.53 Å². The molecule has 0 heterocycles. The van der Waals surface area contributed by atoms with Crippen molar-refractivity contribution in [3.05, 3.63) is 44.4 Å². The third-order valence-corrected chi connectivity index (χ3v) is 1.35. The molecule has 0 nitrogen and oxygen atoms in total. The van der Waals surface area contributed by atoms with Gasteiger partial charge in [0.25, 0.3) is 0 Å². The summed E-state index contributed by atoms with van der Waals surface area (Å²) in [4.78, 5) is 0. The van der Waals surface area contributed by atoms with Gasteiger partial charge in [-0.3, -0.25) is 0 Å². The molecule has 0 aliphatic rings.